The second kappa shape index (κ2) is 8.06. The van der Waals surface area contributed by atoms with Crippen molar-refractivity contribution in [2.45, 2.75) is 37.5 Å². The Kier molecular flexibility index (Phi) is 5.49. The zero-order valence-electron chi connectivity index (χ0n) is 16.2. The van der Waals surface area contributed by atoms with E-state index in [-0.39, 0.29) is 36.4 Å². The molecule has 156 valence electrons. The number of hydrogen-bond acceptors (Lipinski definition) is 4. The second-order valence-electron chi connectivity index (χ2n) is 7.82. The van der Waals surface area contributed by atoms with Crippen molar-refractivity contribution in [1.29, 1.82) is 0 Å². The monoisotopic (exact) mass is 418 g/mol. The second-order valence-corrected chi connectivity index (χ2v) is 10.1. The minimum atomic E-state index is -3.38. The predicted octanol–water partition coefficient (Wildman–Crippen LogP) is 1.67. The van der Waals surface area contributed by atoms with Crippen LogP contribution < -0.4 is 10.6 Å². The lowest BCUT2D eigenvalue weighted by Crippen LogP contribution is -2.33. The first kappa shape index (κ1) is 19.8. The van der Waals surface area contributed by atoms with E-state index < -0.39 is 9.84 Å². The van der Waals surface area contributed by atoms with E-state index in [1.165, 1.54) is 0 Å². The third-order valence-electron chi connectivity index (χ3n) is 5.42. The average Bonchev–Trinajstić information content (AvgIpc) is 3.61. The van der Waals surface area contributed by atoms with Crippen LogP contribution in [0.4, 0.5) is 0 Å². The SMILES string of the molecule is O=C(NCCS(=O)(=O)CCNC(=O)c1cc[nH]c1C1CC1)c1cc[nH]c1C1CC1. The van der Waals surface area contributed by atoms with Gasteiger partial charge in [-0.2, -0.15) is 0 Å². The maximum absolute atomic E-state index is 12.3. The summed E-state index contributed by atoms with van der Waals surface area (Å²) in [6, 6.07) is 3.45. The van der Waals surface area contributed by atoms with Crippen molar-refractivity contribution in [3.05, 3.63) is 47.0 Å². The van der Waals surface area contributed by atoms with Crippen molar-refractivity contribution in [2.24, 2.45) is 0 Å². The summed E-state index contributed by atoms with van der Waals surface area (Å²) in [5.74, 6) is 0.00964. The van der Waals surface area contributed by atoms with Crippen molar-refractivity contribution >= 4 is 21.7 Å². The number of carbonyl (C=O) groups excluding carboxylic acids is 2. The third-order valence-corrected chi connectivity index (χ3v) is 7.07. The quantitative estimate of drug-likeness (QED) is 0.468. The molecule has 9 heteroatoms. The molecule has 2 heterocycles. The van der Waals surface area contributed by atoms with Crippen molar-refractivity contribution in [2.75, 3.05) is 24.6 Å². The smallest absolute Gasteiger partial charge is 0.253 e. The normalized spacial score (nSPS) is 16.6. The topological polar surface area (TPSA) is 124 Å². The number of amides is 2. The van der Waals surface area contributed by atoms with Gasteiger partial charge in [0.2, 0.25) is 0 Å². The van der Waals surface area contributed by atoms with Crippen LogP contribution in [0.5, 0.6) is 0 Å². The van der Waals surface area contributed by atoms with Crippen LogP contribution in [0.1, 0.15) is 69.6 Å². The van der Waals surface area contributed by atoms with Crippen LogP contribution in [-0.4, -0.2) is 54.8 Å². The van der Waals surface area contributed by atoms with Crippen molar-refractivity contribution in [3.63, 3.8) is 0 Å². The molecule has 2 saturated carbocycles. The largest absolute Gasteiger partial charge is 0.364 e. The van der Waals surface area contributed by atoms with Crippen LogP contribution in [0.2, 0.25) is 0 Å². The Morgan fingerprint density at radius 2 is 1.24 bits per heavy atom. The molecule has 2 aliphatic carbocycles. The Morgan fingerprint density at radius 1 is 0.828 bits per heavy atom. The van der Waals surface area contributed by atoms with Gasteiger partial charge in [-0.15, -0.1) is 0 Å². The van der Waals surface area contributed by atoms with Crippen molar-refractivity contribution in [1.82, 2.24) is 20.6 Å². The van der Waals surface area contributed by atoms with E-state index in [0.29, 0.717) is 23.0 Å². The fourth-order valence-corrected chi connectivity index (χ4v) is 4.54. The molecule has 0 atom stereocenters. The molecule has 0 saturated heterocycles. The molecule has 0 spiro atoms. The fourth-order valence-electron chi connectivity index (χ4n) is 3.51. The van der Waals surface area contributed by atoms with Gasteiger partial charge in [0.1, 0.15) is 0 Å². The summed E-state index contributed by atoms with van der Waals surface area (Å²) in [7, 11) is -3.38. The molecule has 0 aliphatic heterocycles. The number of sulfone groups is 1. The summed E-state index contributed by atoms with van der Waals surface area (Å²) in [5, 5.41) is 5.37. The molecule has 0 aromatic carbocycles. The first-order valence-electron chi connectivity index (χ1n) is 10.1. The Morgan fingerprint density at radius 3 is 1.62 bits per heavy atom. The molecule has 0 radical (unpaired) electrons. The van der Waals surface area contributed by atoms with Gasteiger partial charge in [0, 0.05) is 36.9 Å². The molecule has 0 unspecified atom stereocenters. The maximum atomic E-state index is 12.3. The lowest BCUT2D eigenvalue weighted by Gasteiger charge is -2.09. The maximum Gasteiger partial charge on any atom is 0.253 e. The third kappa shape index (κ3) is 4.90. The minimum absolute atomic E-state index is 0.0496. The number of H-pyrrole nitrogens is 2. The van der Waals surface area contributed by atoms with E-state index in [2.05, 4.69) is 20.6 Å². The van der Waals surface area contributed by atoms with Gasteiger partial charge in [-0.05, 0) is 49.7 Å². The van der Waals surface area contributed by atoms with E-state index in [0.717, 1.165) is 37.1 Å². The lowest BCUT2D eigenvalue weighted by atomic mass is 10.1. The summed E-state index contributed by atoms with van der Waals surface area (Å²) in [4.78, 5) is 30.8. The molecule has 4 rings (SSSR count). The summed E-state index contributed by atoms with van der Waals surface area (Å²) < 4.78 is 24.4. The van der Waals surface area contributed by atoms with E-state index in [4.69, 9.17) is 0 Å². The lowest BCUT2D eigenvalue weighted by molar-refractivity contribution is 0.0947. The highest BCUT2D eigenvalue weighted by Crippen LogP contribution is 2.41. The molecular formula is C20H26N4O4S. The van der Waals surface area contributed by atoms with Gasteiger partial charge in [0.15, 0.2) is 9.84 Å². The molecule has 2 amide bonds. The Balaban J connectivity index is 1.20. The van der Waals surface area contributed by atoms with E-state index in [9.17, 15) is 18.0 Å². The van der Waals surface area contributed by atoms with Crippen LogP contribution in [0, 0.1) is 0 Å². The highest BCUT2D eigenvalue weighted by atomic mass is 32.2. The molecule has 0 bridgehead atoms. The average molecular weight is 419 g/mol. The minimum Gasteiger partial charge on any atom is -0.364 e. The Bertz CT molecular complexity index is 925. The van der Waals surface area contributed by atoms with Gasteiger partial charge in [-0.1, -0.05) is 0 Å². The fraction of sp³-hybridized carbons (Fsp3) is 0.500. The molecular weight excluding hydrogens is 392 g/mol. The van der Waals surface area contributed by atoms with Crippen molar-refractivity contribution in [3.8, 4) is 0 Å². The summed E-state index contributed by atoms with van der Waals surface area (Å²) >= 11 is 0. The first-order chi connectivity index (χ1) is 13.9. The highest BCUT2D eigenvalue weighted by molar-refractivity contribution is 7.91. The molecule has 2 aromatic heterocycles. The van der Waals surface area contributed by atoms with E-state index >= 15 is 0 Å². The summed E-state index contributed by atoms with van der Waals surface area (Å²) in [6.45, 7) is 0.0993. The van der Waals surface area contributed by atoms with E-state index in [1.807, 2.05) is 0 Å². The number of hydrogen-bond donors (Lipinski definition) is 4. The molecule has 29 heavy (non-hydrogen) atoms. The Labute approximate surface area is 169 Å². The van der Waals surface area contributed by atoms with Gasteiger partial charge >= 0.3 is 0 Å². The molecule has 2 aliphatic rings. The summed E-state index contributed by atoms with van der Waals surface area (Å²) in [6.07, 6.45) is 7.78. The van der Waals surface area contributed by atoms with Crippen LogP contribution in [-0.2, 0) is 9.84 Å². The number of nitrogens with one attached hydrogen (secondary N) is 4. The van der Waals surface area contributed by atoms with Gasteiger partial charge in [-0.25, -0.2) is 8.42 Å². The van der Waals surface area contributed by atoms with Crippen molar-refractivity contribution < 1.29 is 18.0 Å². The summed E-state index contributed by atoms with van der Waals surface area (Å²) in [5.41, 5.74) is 3.05. The molecule has 8 nitrogen and oxygen atoms in total. The van der Waals surface area contributed by atoms with Gasteiger partial charge in [0.05, 0.1) is 22.6 Å². The molecule has 2 aromatic rings. The zero-order valence-corrected chi connectivity index (χ0v) is 17.0. The standard InChI is InChI=1S/C20H26N4O4S/c25-19(15-5-7-21-17(15)13-1-2-13)23-9-11-29(27,28)12-10-24-20(26)16-6-8-22-18(16)14-3-4-14/h5-8,13-14,21-22H,1-4,9-12H2,(H,23,25)(H,24,26). The molecule has 2 fully saturated rings. The van der Waals surface area contributed by atoms with Gasteiger partial charge in [-0.3, -0.25) is 9.59 Å². The Hall–Kier alpha value is -2.55. The predicted molar refractivity (Wildman–Crippen MR) is 109 cm³/mol. The van der Waals surface area contributed by atoms with Gasteiger partial charge < -0.3 is 20.6 Å². The number of aromatic amines is 2. The van der Waals surface area contributed by atoms with Crippen LogP contribution in [0.25, 0.3) is 0 Å². The first-order valence-corrected chi connectivity index (χ1v) is 11.9. The zero-order chi connectivity index (χ0) is 20.4. The number of aromatic nitrogens is 2. The van der Waals surface area contributed by atoms with Gasteiger partial charge in [0.25, 0.3) is 11.8 Å². The van der Waals surface area contributed by atoms with Crippen LogP contribution in [0.15, 0.2) is 24.5 Å². The highest BCUT2D eigenvalue weighted by Gasteiger charge is 2.30. The van der Waals surface area contributed by atoms with E-state index in [1.54, 1.807) is 24.5 Å². The number of rotatable bonds is 10. The van der Waals surface area contributed by atoms with Crippen LogP contribution in [0.3, 0.4) is 0 Å². The number of carbonyl (C=O) groups is 2. The van der Waals surface area contributed by atoms with Crippen LogP contribution >= 0.6 is 0 Å². The molecule has 4 N–H and O–H groups in total.